The molecule has 190 valence electrons. The molecule has 12 heteroatoms. The second kappa shape index (κ2) is 10.9. The van der Waals surface area contributed by atoms with E-state index in [0.717, 1.165) is 50.7 Å². The van der Waals surface area contributed by atoms with Crippen molar-refractivity contribution in [3.8, 4) is 17.5 Å². The van der Waals surface area contributed by atoms with E-state index < -0.39 is 0 Å². The first-order chi connectivity index (χ1) is 17.7. The minimum atomic E-state index is -0.388. The van der Waals surface area contributed by atoms with E-state index in [9.17, 15) is 4.79 Å². The topological polar surface area (TPSA) is 123 Å². The molecule has 1 aromatic carbocycles. The number of carbonyl (C=O) groups excluding carboxylic acids is 1. The summed E-state index contributed by atoms with van der Waals surface area (Å²) in [6.45, 7) is 6.16. The van der Waals surface area contributed by atoms with E-state index in [2.05, 4.69) is 25.2 Å². The minimum absolute atomic E-state index is 0.187. The van der Waals surface area contributed by atoms with Crippen molar-refractivity contribution in [3.05, 3.63) is 35.7 Å². The van der Waals surface area contributed by atoms with Crippen molar-refractivity contribution in [1.82, 2.24) is 25.1 Å². The average Bonchev–Trinajstić information content (AvgIpc) is 3.42. The van der Waals surface area contributed by atoms with Crippen molar-refractivity contribution in [3.63, 3.8) is 0 Å². The van der Waals surface area contributed by atoms with Crippen molar-refractivity contribution in [1.29, 1.82) is 0 Å². The number of nitrogens with zero attached hydrogens (tertiary/aromatic N) is 6. The monoisotopic (exact) mass is 495 g/mol. The lowest BCUT2D eigenvalue weighted by molar-refractivity contribution is 0.0357. The molecule has 1 saturated heterocycles. The zero-order valence-corrected chi connectivity index (χ0v) is 20.4. The van der Waals surface area contributed by atoms with Gasteiger partial charge in [0.05, 0.1) is 46.1 Å². The molecule has 0 aliphatic carbocycles. The first-order valence-electron chi connectivity index (χ1n) is 11.9. The van der Waals surface area contributed by atoms with Crippen molar-refractivity contribution >= 4 is 23.4 Å². The molecular formula is C24H29N7O5. The van der Waals surface area contributed by atoms with Crippen LogP contribution >= 0.6 is 0 Å². The van der Waals surface area contributed by atoms with Crippen LogP contribution in [0.2, 0.25) is 0 Å². The lowest BCUT2D eigenvalue weighted by atomic mass is 10.1. The number of nitrogens with one attached hydrogen (secondary N) is 1. The zero-order valence-electron chi connectivity index (χ0n) is 20.4. The van der Waals surface area contributed by atoms with Crippen molar-refractivity contribution < 1.29 is 23.7 Å². The van der Waals surface area contributed by atoms with Gasteiger partial charge in [0.1, 0.15) is 11.5 Å². The molecule has 2 aromatic rings. The highest BCUT2D eigenvalue weighted by molar-refractivity contribution is 6.20. The smallest absolute Gasteiger partial charge is 0.316 e. The van der Waals surface area contributed by atoms with Crippen LogP contribution in [0.3, 0.4) is 0 Å². The highest BCUT2D eigenvalue weighted by atomic mass is 16.5. The number of hydrogen-bond donors (Lipinski definition) is 1. The van der Waals surface area contributed by atoms with E-state index in [4.69, 9.17) is 23.9 Å². The Balaban J connectivity index is 1.34. The molecule has 0 unspecified atom stereocenters. The Kier molecular flexibility index (Phi) is 7.23. The molecule has 1 N–H and O–H groups in total. The van der Waals surface area contributed by atoms with Gasteiger partial charge in [-0.15, -0.1) is 0 Å². The summed E-state index contributed by atoms with van der Waals surface area (Å²) < 4.78 is 22.2. The van der Waals surface area contributed by atoms with E-state index in [1.165, 1.54) is 19.5 Å². The first-order valence-corrected chi connectivity index (χ1v) is 11.9. The third kappa shape index (κ3) is 4.95. The molecule has 3 aliphatic heterocycles. The fourth-order valence-corrected chi connectivity index (χ4v) is 4.31. The molecule has 0 bridgehead atoms. The number of methoxy groups -OCH3 is 2. The molecule has 1 aromatic heterocycles. The van der Waals surface area contributed by atoms with Gasteiger partial charge in [0.2, 0.25) is 5.96 Å². The van der Waals surface area contributed by atoms with Crippen LogP contribution in [-0.2, 0) is 4.74 Å². The Morgan fingerprint density at radius 1 is 1.11 bits per heavy atom. The van der Waals surface area contributed by atoms with E-state index in [1.807, 2.05) is 17.0 Å². The summed E-state index contributed by atoms with van der Waals surface area (Å²) in [5.41, 5.74) is 1.68. The highest BCUT2D eigenvalue weighted by Crippen LogP contribution is 2.43. The fourth-order valence-electron chi connectivity index (χ4n) is 4.31. The molecule has 12 nitrogen and oxygen atoms in total. The van der Waals surface area contributed by atoms with Crippen molar-refractivity contribution in [2.45, 2.75) is 6.42 Å². The van der Waals surface area contributed by atoms with E-state index in [1.54, 1.807) is 7.11 Å². The third-order valence-electron chi connectivity index (χ3n) is 6.13. The summed E-state index contributed by atoms with van der Waals surface area (Å²) in [4.78, 5) is 34.5. The second-order valence-corrected chi connectivity index (χ2v) is 8.35. The van der Waals surface area contributed by atoms with Gasteiger partial charge in [-0.05, 0) is 18.6 Å². The highest BCUT2D eigenvalue weighted by Gasteiger charge is 2.33. The van der Waals surface area contributed by atoms with Gasteiger partial charge in [-0.2, -0.15) is 0 Å². The standard InChI is InChI=1S/C24H29N7O5/c1-33-20-18(36-11-3-7-30-9-12-35-13-10-30)5-4-17-19(20)28-23(31-8-6-25-21(17)31)29-22(32)16-14-26-24(34-2)27-15-16/h4-5,14-15H,3,6-13H2,1-2H3,(H,28,29,32). The number of amidine groups is 1. The molecule has 36 heavy (non-hydrogen) atoms. The summed E-state index contributed by atoms with van der Waals surface area (Å²) >= 11 is 0. The van der Waals surface area contributed by atoms with Crippen LogP contribution in [0, 0.1) is 0 Å². The van der Waals surface area contributed by atoms with Gasteiger partial charge in [-0.1, -0.05) is 0 Å². The zero-order chi connectivity index (χ0) is 24.9. The lowest BCUT2D eigenvalue weighted by Crippen LogP contribution is -2.47. The molecule has 0 saturated carbocycles. The molecule has 0 atom stereocenters. The molecule has 3 aliphatic rings. The van der Waals surface area contributed by atoms with Crippen LogP contribution in [0.15, 0.2) is 34.5 Å². The average molecular weight is 496 g/mol. The molecule has 0 radical (unpaired) electrons. The molecular weight excluding hydrogens is 466 g/mol. The first kappa shape index (κ1) is 23.9. The largest absolute Gasteiger partial charge is 0.491 e. The molecule has 0 spiro atoms. The maximum Gasteiger partial charge on any atom is 0.316 e. The predicted molar refractivity (Wildman–Crippen MR) is 132 cm³/mol. The summed E-state index contributed by atoms with van der Waals surface area (Å²) in [5, 5.41) is 2.87. The van der Waals surface area contributed by atoms with Gasteiger partial charge in [-0.25, -0.2) is 15.0 Å². The summed E-state index contributed by atoms with van der Waals surface area (Å²) in [6.07, 6.45) is 3.69. The summed E-state index contributed by atoms with van der Waals surface area (Å²) in [6, 6.07) is 4.01. The van der Waals surface area contributed by atoms with Gasteiger partial charge in [0.25, 0.3) is 5.91 Å². The molecule has 1 amide bonds. The number of fused-ring (bicyclic) bond motifs is 3. The molecule has 4 heterocycles. The summed E-state index contributed by atoms with van der Waals surface area (Å²) in [5.74, 6) is 1.82. The van der Waals surface area contributed by atoms with Gasteiger partial charge < -0.3 is 18.9 Å². The SMILES string of the molecule is COc1ncc(C(=O)NC2=Nc3c(ccc(OCCCN4CCOCC4)c3OC)C3=NCCN23)cn1. The number of ether oxygens (including phenoxy) is 4. The number of aliphatic imine (C=N–C) groups is 2. The second-order valence-electron chi connectivity index (χ2n) is 8.35. The number of benzene rings is 1. The number of morpholine rings is 1. The van der Waals surface area contributed by atoms with Crippen LogP contribution in [-0.4, -0.2) is 104 Å². The van der Waals surface area contributed by atoms with Crippen molar-refractivity contribution in [2.75, 3.05) is 66.8 Å². The number of rotatable bonds is 8. The van der Waals surface area contributed by atoms with Gasteiger partial charge in [-0.3, -0.25) is 24.9 Å². The quantitative estimate of drug-likeness (QED) is 0.536. The van der Waals surface area contributed by atoms with Crippen molar-refractivity contribution in [2.24, 2.45) is 9.98 Å². The minimum Gasteiger partial charge on any atom is -0.491 e. The Morgan fingerprint density at radius 2 is 1.92 bits per heavy atom. The maximum absolute atomic E-state index is 12.9. The van der Waals surface area contributed by atoms with Crippen LogP contribution in [0.4, 0.5) is 5.69 Å². The number of hydrogen-bond acceptors (Lipinski definition) is 11. The van der Waals surface area contributed by atoms with Gasteiger partial charge >= 0.3 is 6.01 Å². The normalized spacial score (nSPS) is 17.0. The van der Waals surface area contributed by atoms with E-state index >= 15 is 0 Å². The Labute approximate surface area is 208 Å². The third-order valence-corrected chi connectivity index (χ3v) is 6.13. The number of carbonyl (C=O) groups is 1. The van der Waals surface area contributed by atoms with Crippen LogP contribution in [0.5, 0.6) is 17.5 Å². The number of guanidine groups is 1. The van der Waals surface area contributed by atoms with Crippen LogP contribution in [0.25, 0.3) is 0 Å². The maximum atomic E-state index is 12.9. The lowest BCUT2D eigenvalue weighted by Gasteiger charge is -2.28. The number of aromatic nitrogens is 2. The summed E-state index contributed by atoms with van der Waals surface area (Å²) in [7, 11) is 3.05. The molecule has 1 fully saturated rings. The number of amides is 1. The van der Waals surface area contributed by atoms with Gasteiger partial charge in [0, 0.05) is 44.1 Å². The van der Waals surface area contributed by atoms with Gasteiger partial charge in [0.15, 0.2) is 11.5 Å². The predicted octanol–water partition coefficient (Wildman–Crippen LogP) is 1.09. The Morgan fingerprint density at radius 3 is 2.67 bits per heavy atom. The fraction of sp³-hybridized carbons (Fsp3) is 0.458. The Hall–Kier alpha value is -3.77. The van der Waals surface area contributed by atoms with Crippen LogP contribution < -0.4 is 19.5 Å². The van der Waals surface area contributed by atoms with E-state index in [0.29, 0.717) is 42.8 Å². The Bertz CT molecular complexity index is 1160. The molecule has 5 rings (SSSR count). The van der Waals surface area contributed by atoms with E-state index in [-0.39, 0.29) is 17.5 Å². The van der Waals surface area contributed by atoms with Crippen LogP contribution in [0.1, 0.15) is 22.3 Å².